The number of hydrogen-bond acceptors (Lipinski definition) is 2. The van der Waals surface area contributed by atoms with Crippen molar-refractivity contribution in [2.45, 2.75) is 25.4 Å². The minimum absolute atomic E-state index is 0. The van der Waals surface area contributed by atoms with E-state index in [0.717, 1.165) is 0 Å². The van der Waals surface area contributed by atoms with Gasteiger partial charge in [-0.25, -0.2) is 0 Å². The van der Waals surface area contributed by atoms with Crippen molar-refractivity contribution in [2.75, 3.05) is 5.75 Å². The molecule has 0 aliphatic carbocycles. The molecule has 0 aliphatic rings. The summed E-state index contributed by atoms with van der Waals surface area (Å²) in [6.07, 6.45) is -5.70. The van der Waals surface area contributed by atoms with Gasteiger partial charge in [0.15, 0.2) is 0 Å². The van der Waals surface area contributed by atoms with Crippen LogP contribution in [-0.4, -0.2) is 43.8 Å². The zero-order valence-electron chi connectivity index (χ0n) is 6.13. The van der Waals surface area contributed by atoms with Gasteiger partial charge < -0.3 is 0 Å². The molecule has 0 radical (unpaired) electrons. The topological polar surface area (TPSA) is 54.4 Å². The van der Waals surface area contributed by atoms with Crippen LogP contribution in [0.1, 0.15) is 19.3 Å². The summed E-state index contributed by atoms with van der Waals surface area (Å²) in [6, 6.07) is 0. The van der Waals surface area contributed by atoms with Gasteiger partial charge in [-0.15, -0.1) is 0 Å². The molecule has 1 N–H and O–H groups in total. The maximum absolute atomic E-state index is 11.5. The number of unbranched alkanes of at least 4 members (excludes halogenated alkanes) is 1. The summed E-state index contributed by atoms with van der Waals surface area (Å²) < 4.78 is 62.6. The Morgan fingerprint density at radius 2 is 1.62 bits per heavy atom. The summed E-state index contributed by atoms with van der Waals surface area (Å²) >= 11 is 0. The molecule has 0 amide bonds. The predicted octanol–water partition coefficient (Wildman–Crippen LogP) is 0.958. The van der Waals surface area contributed by atoms with Crippen molar-refractivity contribution in [1.82, 2.24) is 0 Å². The second kappa shape index (κ2) is 5.91. The first-order valence-corrected chi connectivity index (χ1v) is 4.83. The fraction of sp³-hybridized carbons (Fsp3) is 1.00. The molecule has 3 nitrogen and oxygen atoms in total. The predicted molar refractivity (Wildman–Crippen MR) is 43.5 cm³/mol. The van der Waals surface area contributed by atoms with Gasteiger partial charge in [0.2, 0.25) is 0 Å². The fourth-order valence-electron chi connectivity index (χ4n) is 0.610. The van der Waals surface area contributed by atoms with Gasteiger partial charge in [0, 0.05) is 6.42 Å². The van der Waals surface area contributed by atoms with Crippen molar-refractivity contribution in [3.8, 4) is 0 Å². The van der Waals surface area contributed by atoms with Crippen LogP contribution < -0.4 is 0 Å². The third kappa shape index (κ3) is 15.1. The van der Waals surface area contributed by atoms with Crippen LogP contribution in [0.5, 0.6) is 0 Å². The van der Waals surface area contributed by atoms with Crippen LogP contribution in [0, 0.1) is 0 Å². The van der Waals surface area contributed by atoms with Gasteiger partial charge in [0.1, 0.15) is 0 Å². The van der Waals surface area contributed by atoms with Crippen molar-refractivity contribution >= 4 is 29.0 Å². The van der Waals surface area contributed by atoms with E-state index >= 15 is 0 Å². The van der Waals surface area contributed by atoms with Crippen LogP contribution >= 0.6 is 0 Å². The molecule has 0 heterocycles. The number of hydrogen-bond donors (Lipinski definition) is 1. The molecule has 0 fully saturated rings. The first-order valence-electron chi connectivity index (χ1n) is 3.23. The van der Waals surface area contributed by atoms with Crippen molar-refractivity contribution in [1.29, 1.82) is 0 Å². The molecule has 0 bridgehead atoms. The van der Waals surface area contributed by atoms with E-state index in [0.29, 0.717) is 0 Å². The quantitative estimate of drug-likeness (QED) is 0.430. The second-order valence-corrected chi connectivity index (χ2v) is 3.93. The first kappa shape index (κ1) is 15.8. The average molecular weight is 214 g/mol. The van der Waals surface area contributed by atoms with E-state index < -0.39 is 28.5 Å². The van der Waals surface area contributed by atoms with Gasteiger partial charge in [0.25, 0.3) is 10.1 Å². The molecule has 0 unspecified atom stereocenters. The molecule has 0 aliphatic heterocycles. The van der Waals surface area contributed by atoms with Gasteiger partial charge in [-0.3, -0.25) is 4.55 Å². The van der Waals surface area contributed by atoms with E-state index in [-0.39, 0.29) is 31.7 Å². The SMILES string of the molecule is O=S(=O)(O)CCCCC(F)(F)F.[LiH]. The Bertz CT molecular complexity index is 224. The van der Waals surface area contributed by atoms with E-state index in [1.54, 1.807) is 0 Å². The minimum atomic E-state index is -4.25. The number of rotatable bonds is 4. The Balaban J connectivity index is 0. The van der Waals surface area contributed by atoms with Crippen LogP contribution in [0.4, 0.5) is 13.2 Å². The second-order valence-electron chi connectivity index (χ2n) is 2.36. The Morgan fingerprint density at radius 1 is 1.15 bits per heavy atom. The van der Waals surface area contributed by atoms with E-state index in [9.17, 15) is 21.6 Å². The average Bonchev–Trinajstić information content (AvgIpc) is 1.76. The molecular formula is C5H10F3LiO3S. The molecule has 8 heteroatoms. The molecule has 76 valence electrons. The zero-order chi connectivity index (χ0) is 9.83. The van der Waals surface area contributed by atoms with Crippen molar-refractivity contribution < 1.29 is 26.1 Å². The van der Waals surface area contributed by atoms with Gasteiger partial charge in [0.05, 0.1) is 5.75 Å². The molecule has 0 rings (SSSR count). The van der Waals surface area contributed by atoms with Gasteiger partial charge in [-0.05, 0) is 12.8 Å². The van der Waals surface area contributed by atoms with Gasteiger partial charge in [-0.1, -0.05) is 0 Å². The monoisotopic (exact) mass is 214 g/mol. The molecular weight excluding hydrogens is 204 g/mol. The number of alkyl halides is 3. The van der Waals surface area contributed by atoms with E-state index in [4.69, 9.17) is 4.55 Å². The fourth-order valence-corrected chi connectivity index (χ4v) is 1.18. The van der Waals surface area contributed by atoms with E-state index in [1.165, 1.54) is 0 Å². The summed E-state index contributed by atoms with van der Waals surface area (Å²) in [5.74, 6) is -0.608. The third-order valence-corrected chi connectivity index (χ3v) is 1.92. The summed E-state index contributed by atoms with van der Waals surface area (Å²) in [5.41, 5.74) is 0. The summed E-state index contributed by atoms with van der Waals surface area (Å²) in [7, 11) is -4.11. The summed E-state index contributed by atoms with van der Waals surface area (Å²) in [6.45, 7) is 0. The molecule has 13 heavy (non-hydrogen) atoms. The van der Waals surface area contributed by atoms with Crippen LogP contribution in [0.2, 0.25) is 0 Å². The molecule has 0 saturated heterocycles. The molecule has 0 aromatic carbocycles. The molecule has 0 saturated carbocycles. The Kier molecular flexibility index (Phi) is 7.16. The third-order valence-electron chi connectivity index (χ3n) is 1.11. The van der Waals surface area contributed by atoms with Crippen molar-refractivity contribution in [2.24, 2.45) is 0 Å². The normalized spacial score (nSPS) is 12.3. The van der Waals surface area contributed by atoms with Crippen molar-refractivity contribution in [3.05, 3.63) is 0 Å². The maximum atomic E-state index is 11.5. The Labute approximate surface area is 86.6 Å². The number of halogens is 3. The van der Waals surface area contributed by atoms with Crippen LogP contribution in [0.15, 0.2) is 0 Å². The molecule has 0 aromatic heterocycles. The van der Waals surface area contributed by atoms with Crippen LogP contribution in [-0.2, 0) is 10.1 Å². The van der Waals surface area contributed by atoms with Crippen LogP contribution in [0.25, 0.3) is 0 Å². The van der Waals surface area contributed by atoms with E-state index in [2.05, 4.69) is 0 Å². The zero-order valence-corrected chi connectivity index (χ0v) is 6.95. The molecule has 0 aromatic rings. The standard InChI is InChI=1S/C5H9F3O3S.Li.H/c6-5(7,8)3-1-2-4-12(9,10)11;;/h1-4H2,(H,9,10,11);;. The summed E-state index contributed by atoms with van der Waals surface area (Å²) in [4.78, 5) is 0. The van der Waals surface area contributed by atoms with Crippen molar-refractivity contribution in [3.63, 3.8) is 0 Å². The molecule has 0 spiro atoms. The van der Waals surface area contributed by atoms with Gasteiger partial charge in [-0.2, -0.15) is 21.6 Å². The first-order chi connectivity index (χ1) is 5.21. The summed E-state index contributed by atoms with van der Waals surface area (Å²) in [5, 5.41) is 0. The Hall–Kier alpha value is 0.297. The Morgan fingerprint density at radius 3 is 1.92 bits per heavy atom. The van der Waals surface area contributed by atoms with E-state index in [1.807, 2.05) is 0 Å². The van der Waals surface area contributed by atoms with Gasteiger partial charge >= 0.3 is 25.0 Å². The van der Waals surface area contributed by atoms with Crippen LogP contribution in [0.3, 0.4) is 0 Å². The molecule has 0 atom stereocenters.